The SMILES string of the molecule is CCNCc1cn[nH]c1S(=O)(=O)N(C)Cc1cscn1. The average molecular weight is 315 g/mol. The standard InChI is InChI=1S/C11H17N5O2S2/c1-3-12-4-9-5-14-15-11(9)20(17,18)16(2)6-10-7-19-8-13-10/h5,7-8,12H,3-4,6H2,1-2H3,(H,14,15). The van der Waals surface area contributed by atoms with Crippen molar-refractivity contribution >= 4 is 21.4 Å². The van der Waals surface area contributed by atoms with Crippen LogP contribution in [-0.4, -0.2) is 41.5 Å². The number of aromatic nitrogens is 3. The first kappa shape index (κ1) is 15.1. The third kappa shape index (κ3) is 3.23. The average Bonchev–Trinajstić information content (AvgIpc) is 3.06. The maximum absolute atomic E-state index is 12.5. The second kappa shape index (κ2) is 6.44. The van der Waals surface area contributed by atoms with Crippen molar-refractivity contribution in [1.29, 1.82) is 0 Å². The van der Waals surface area contributed by atoms with E-state index in [1.54, 1.807) is 5.51 Å². The van der Waals surface area contributed by atoms with Crippen LogP contribution < -0.4 is 5.32 Å². The lowest BCUT2D eigenvalue weighted by Crippen LogP contribution is -2.28. The van der Waals surface area contributed by atoms with Gasteiger partial charge in [0.25, 0.3) is 10.0 Å². The molecule has 7 nitrogen and oxygen atoms in total. The smallest absolute Gasteiger partial charge is 0.260 e. The van der Waals surface area contributed by atoms with E-state index < -0.39 is 10.0 Å². The Bertz CT molecular complexity index is 636. The summed E-state index contributed by atoms with van der Waals surface area (Å²) in [5, 5.41) is 11.5. The van der Waals surface area contributed by atoms with E-state index in [0.717, 1.165) is 12.2 Å². The lowest BCUT2D eigenvalue weighted by molar-refractivity contribution is 0.459. The second-order valence-electron chi connectivity index (χ2n) is 4.25. The Morgan fingerprint density at radius 2 is 2.30 bits per heavy atom. The van der Waals surface area contributed by atoms with Gasteiger partial charge in [-0.1, -0.05) is 6.92 Å². The van der Waals surface area contributed by atoms with E-state index in [1.165, 1.54) is 28.9 Å². The van der Waals surface area contributed by atoms with Gasteiger partial charge in [-0.25, -0.2) is 13.4 Å². The number of thiazole rings is 1. The Labute approximate surface area is 122 Å². The Hall–Kier alpha value is -1.29. The van der Waals surface area contributed by atoms with Crippen molar-refractivity contribution in [3.05, 3.63) is 28.3 Å². The minimum atomic E-state index is -3.59. The summed E-state index contributed by atoms with van der Waals surface area (Å²) in [4.78, 5) is 4.10. The zero-order chi connectivity index (χ0) is 14.6. The predicted octanol–water partition coefficient (Wildman–Crippen LogP) is 0.796. The lowest BCUT2D eigenvalue weighted by atomic mass is 10.3. The fraction of sp³-hybridized carbons (Fsp3) is 0.455. The Balaban J connectivity index is 2.19. The Kier molecular flexibility index (Phi) is 4.86. The largest absolute Gasteiger partial charge is 0.313 e. The van der Waals surface area contributed by atoms with E-state index >= 15 is 0 Å². The van der Waals surface area contributed by atoms with Gasteiger partial charge >= 0.3 is 0 Å². The summed E-state index contributed by atoms with van der Waals surface area (Å²) < 4.78 is 26.3. The van der Waals surface area contributed by atoms with Crippen LogP contribution in [-0.2, 0) is 23.1 Å². The minimum Gasteiger partial charge on any atom is -0.313 e. The molecule has 0 radical (unpaired) electrons. The third-order valence-electron chi connectivity index (χ3n) is 2.78. The Morgan fingerprint density at radius 3 is 2.95 bits per heavy atom. The van der Waals surface area contributed by atoms with Crippen LogP contribution in [0.1, 0.15) is 18.2 Å². The molecular weight excluding hydrogens is 298 g/mol. The molecule has 0 atom stereocenters. The van der Waals surface area contributed by atoms with Gasteiger partial charge in [-0.3, -0.25) is 5.10 Å². The molecule has 9 heteroatoms. The van der Waals surface area contributed by atoms with Crippen molar-refractivity contribution in [2.75, 3.05) is 13.6 Å². The molecule has 0 aliphatic rings. The van der Waals surface area contributed by atoms with E-state index in [2.05, 4.69) is 20.5 Å². The van der Waals surface area contributed by atoms with Gasteiger partial charge in [0.05, 0.1) is 23.9 Å². The van der Waals surface area contributed by atoms with Crippen molar-refractivity contribution in [2.24, 2.45) is 0 Å². The summed E-state index contributed by atoms with van der Waals surface area (Å²) in [5.74, 6) is 0. The first-order chi connectivity index (χ1) is 9.55. The monoisotopic (exact) mass is 315 g/mol. The molecule has 110 valence electrons. The van der Waals surface area contributed by atoms with E-state index in [-0.39, 0.29) is 11.6 Å². The normalized spacial score (nSPS) is 12.2. The summed E-state index contributed by atoms with van der Waals surface area (Å²) in [6.07, 6.45) is 1.53. The second-order valence-corrected chi connectivity index (χ2v) is 6.95. The van der Waals surface area contributed by atoms with Crippen LogP contribution >= 0.6 is 11.3 Å². The quantitative estimate of drug-likeness (QED) is 0.788. The van der Waals surface area contributed by atoms with Gasteiger partial charge in [0.15, 0.2) is 5.03 Å². The topological polar surface area (TPSA) is 91.0 Å². The molecule has 0 fully saturated rings. The highest BCUT2D eigenvalue weighted by atomic mass is 32.2. The molecule has 0 unspecified atom stereocenters. The number of aromatic amines is 1. The van der Waals surface area contributed by atoms with Gasteiger partial charge in [0.2, 0.25) is 0 Å². The molecule has 2 aromatic rings. The molecule has 0 saturated carbocycles. The number of rotatable bonds is 7. The zero-order valence-corrected chi connectivity index (χ0v) is 13.0. The van der Waals surface area contributed by atoms with Gasteiger partial charge < -0.3 is 5.32 Å². The number of H-pyrrole nitrogens is 1. The predicted molar refractivity (Wildman–Crippen MR) is 76.7 cm³/mol. The maximum atomic E-state index is 12.5. The summed E-state index contributed by atoms with van der Waals surface area (Å²) in [7, 11) is -2.06. The fourth-order valence-corrected chi connectivity index (χ4v) is 3.48. The number of sulfonamides is 1. The summed E-state index contributed by atoms with van der Waals surface area (Å²) in [6, 6.07) is 0. The van der Waals surface area contributed by atoms with Crippen molar-refractivity contribution < 1.29 is 8.42 Å². The molecule has 0 bridgehead atoms. The van der Waals surface area contributed by atoms with E-state index in [0.29, 0.717) is 12.1 Å². The number of hydrogen-bond acceptors (Lipinski definition) is 6. The first-order valence-electron chi connectivity index (χ1n) is 6.12. The van der Waals surface area contributed by atoms with Crippen molar-refractivity contribution in [2.45, 2.75) is 25.0 Å². The van der Waals surface area contributed by atoms with Crippen LogP contribution in [0.4, 0.5) is 0 Å². The maximum Gasteiger partial charge on any atom is 0.260 e. The van der Waals surface area contributed by atoms with Crippen molar-refractivity contribution in [3.63, 3.8) is 0 Å². The van der Waals surface area contributed by atoms with Crippen molar-refractivity contribution in [3.8, 4) is 0 Å². The highest BCUT2D eigenvalue weighted by Gasteiger charge is 2.26. The third-order valence-corrected chi connectivity index (χ3v) is 5.23. The minimum absolute atomic E-state index is 0.135. The van der Waals surface area contributed by atoms with Gasteiger partial charge in [0, 0.05) is 24.5 Å². The molecule has 2 rings (SSSR count). The van der Waals surface area contributed by atoms with Gasteiger partial charge in [0.1, 0.15) is 0 Å². The van der Waals surface area contributed by atoms with Crippen LogP contribution in [0.25, 0.3) is 0 Å². The molecule has 2 N–H and O–H groups in total. The van der Waals surface area contributed by atoms with Gasteiger partial charge in [-0.05, 0) is 6.54 Å². The Morgan fingerprint density at radius 1 is 1.50 bits per heavy atom. The van der Waals surface area contributed by atoms with E-state index in [1.807, 2.05) is 12.3 Å². The number of hydrogen-bond donors (Lipinski definition) is 2. The number of nitrogens with one attached hydrogen (secondary N) is 2. The molecule has 0 aromatic carbocycles. The zero-order valence-electron chi connectivity index (χ0n) is 11.3. The van der Waals surface area contributed by atoms with Crippen molar-refractivity contribution in [1.82, 2.24) is 24.8 Å². The van der Waals surface area contributed by atoms with E-state index in [9.17, 15) is 8.42 Å². The fourth-order valence-electron chi connectivity index (χ4n) is 1.69. The molecule has 20 heavy (non-hydrogen) atoms. The van der Waals surface area contributed by atoms with E-state index in [4.69, 9.17) is 0 Å². The molecule has 2 heterocycles. The first-order valence-corrected chi connectivity index (χ1v) is 8.50. The van der Waals surface area contributed by atoms with Gasteiger partial charge in [-0.2, -0.15) is 9.40 Å². The van der Waals surface area contributed by atoms with Crippen LogP contribution in [0.15, 0.2) is 22.1 Å². The molecule has 0 spiro atoms. The highest BCUT2D eigenvalue weighted by Crippen LogP contribution is 2.18. The van der Waals surface area contributed by atoms with Crippen LogP contribution in [0.5, 0.6) is 0 Å². The molecule has 2 aromatic heterocycles. The van der Waals surface area contributed by atoms with Crippen LogP contribution in [0, 0.1) is 0 Å². The molecule has 0 aliphatic carbocycles. The van der Waals surface area contributed by atoms with Crippen LogP contribution in [0.2, 0.25) is 0 Å². The molecule has 0 amide bonds. The molecule has 0 saturated heterocycles. The van der Waals surface area contributed by atoms with Gasteiger partial charge in [-0.15, -0.1) is 11.3 Å². The molecular formula is C11H17N5O2S2. The molecule has 0 aliphatic heterocycles. The summed E-state index contributed by atoms with van der Waals surface area (Å²) in [6.45, 7) is 3.43. The lowest BCUT2D eigenvalue weighted by Gasteiger charge is -2.15. The summed E-state index contributed by atoms with van der Waals surface area (Å²) >= 11 is 1.44. The summed E-state index contributed by atoms with van der Waals surface area (Å²) in [5.41, 5.74) is 3.05. The highest BCUT2D eigenvalue weighted by molar-refractivity contribution is 7.89. The van der Waals surface area contributed by atoms with Crippen LogP contribution in [0.3, 0.4) is 0 Å². The number of nitrogens with zero attached hydrogens (tertiary/aromatic N) is 3.